The molecule has 0 aromatic carbocycles. The van der Waals surface area contributed by atoms with E-state index in [2.05, 4.69) is 18.7 Å². The highest BCUT2D eigenvalue weighted by atomic mass is 32.2. The molecule has 84 valence electrons. The fourth-order valence-corrected chi connectivity index (χ4v) is 1.84. The van der Waals surface area contributed by atoms with Gasteiger partial charge in [0.1, 0.15) is 0 Å². The molecule has 0 saturated heterocycles. The number of aliphatic carboxylic acids is 1. The minimum absolute atomic E-state index is 0.259. The molecule has 0 atom stereocenters. The summed E-state index contributed by atoms with van der Waals surface area (Å²) in [6, 6.07) is 0. The molecule has 4 heteroatoms. The lowest BCUT2D eigenvalue weighted by Crippen LogP contribution is -2.27. The summed E-state index contributed by atoms with van der Waals surface area (Å²) in [5.41, 5.74) is 0. The lowest BCUT2D eigenvalue weighted by molar-refractivity contribution is -0.137. The molecule has 0 saturated carbocycles. The SMILES string of the molecule is CCSCCCN(CC)CCC(=O)O. The van der Waals surface area contributed by atoms with Crippen molar-refractivity contribution < 1.29 is 9.90 Å². The van der Waals surface area contributed by atoms with Crippen molar-refractivity contribution >= 4 is 17.7 Å². The van der Waals surface area contributed by atoms with E-state index in [0.29, 0.717) is 6.54 Å². The van der Waals surface area contributed by atoms with Gasteiger partial charge in [0.25, 0.3) is 0 Å². The second-order valence-electron chi connectivity index (χ2n) is 3.13. The minimum Gasteiger partial charge on any atom is -0.481 e. The predicted molar refractivity (Wildman–Crippen MR) is 62.0 cm³/mol. The van der Waals surface area contributed by atoms with Crippen LogP contribution in [0.4, 0.5) is 0 Å². The number of nitrogens with zero attached hydrogens (tertiary/aromatic N) is 1. The Labute approximate surface area is 90.9 Å². The summed E-state index contributed by atoms with van der Waals surface area (Å²) < 4.78 is 0. The van der Waals surface area contributed by atoms with Crippen LogP contribution in [0.2, 0.25) is 0 Å². The Morgan fingerprint density at radius 2 is 2.07 bits per heavy atom. The van der Waals surface area contributed by atoms with Crippen molar-refractivity contribution in [3.63, 3.8) is 0 Å². The van der Waals surface area contributed by atoms with Gasteiger partial charge in [-0.3, -0.25) is 4.79 Å². The van der Waals surface area contributed by atoms with Crippen molar-refractivity contribution in [3.8, 4) is 0 Å². The molecule has 0 heterocycles. The Bertz CT molecular complexity index is 153. The number of thioether (sulfide) groups is 1. The molecule has 14 heavy (non-hydrogen) atoms. The summed E-state index contributed by atoms with van der Waals surface area (Å²) >= 11 is 1.94. The molecule has 0 spiro atoms. The Hall–Kier alpha value is -0.220. The molecule has 1 N–H and O–H groups in total. The number of carboxylic acid groups (broad SMARTS) is 1. The van der Waals surface area contributed by atoms with Crippen molar-refractivity contribution in [3.05, 3.63) is 0 Å². The van der Waals surface area contributed by atoms with Crippen LogP contribution in [0.15, 0.2) is 0 Å². The Morgan fingerprint density at radius 1 is 1.36 bits per heavy atom. The lowest BCUT2D eigenvalue weighted by atomic mass is 10.3. The first-order chi connectivity index (χ1) is 6.70. The smallest absolute Gasteiger partial charge is 0.304 e. The van der Waals surface area contributed by atoms with E-state index in [1.54, 1.807) is 0 Å². The number of rotatable bonds is 9. The Kier molecular flexibility index (Phi) is 9.19. The van der Waals surface area contributed by atoms with E-state index in [-0.39, 0.29) is 6.42 Å². The van der Waals surface area contributed by atoms with Crippen molar-refractivity contribution in [2.45, 2.75) is 26.7 Å². The second-order valence-corrected chi connectivity index (χ2v) is 4.52. The van der Waals surface area contributed by atoms with Crippen LogP contribution in [0.25, 0.3) is 0 Å². The first-order valence-electron chi connectivity index (χ1n) is 5.22. The maximum absolute atomic E-state index is 10.4. The number of hydrogen-bond donors (Lipinski definition) is 1. The highest BCUT2D eigenvalue weighted by Gasteiger charge is 2.04. The van der Waals surface area contributed by atoms with Crippen LogP contribution < -0.4 is 0 Å². The molecule has 0 aliphatic carbocycles. The summed E-state index contributed by atoms with van der Waals surface area (Å²) in [6.07, 6.45) is 1.42. The van der Waals surface area contributed by atoms with Gasteiger partial charge in [-0.05, 0) is 31.0 Å². The van der Waals surface area contributed by atoms with E-state index >= 15 is 0 Å². The van der Waals surface area contributed by atoms with E-state index in [1.165, 1.54) is 11.5 Å². The van der Waals surface area contributed by atoms with Crippen LogP contribution in [-0.2, 0) is 4.79 Å². The van der Waals surface area contributed by atoms with Gasteiger partial charge in [-0.25, -0.2) is 0 Å². The second kappa shape index (κ2) is 9.34. The average Bonchev–Trinajstić information content (AvgIpc) is 2.16. The highest BCUT2D eigenvalue weighted by Crippen LogP contribution is 2.02. The standard InChI is InChI=1S/C10H21NO2S/c1-3-11(8-6-10(12)13)7-5-9-14-4-2/h3-9H2,1-2H3,(H,12,13). The molecule has 0 aromatic heterocycles. The number of carboxylic acids is 1. The summed E-state index contributed by atoms with van der Waals surface area (Å²) in [4.78, 5) is 12.6. The highest BCUT2D eigenvalue weighted by molar-refractivity contribution is 7.99. The van der Waals surface area contributed by atoms with Crippen LogP contribution in [0, 0.1) is 0 Å². The predicted octanol–water partition coefficient (Wildman–Crippen LogP) is 1.93. The topological polar surface area (TPSA) is 40.5 Å². The molecular weight excluding hydrogens is 198 g/mol. The molecule has 0 bridgehead atoms. The van der Waals surface area contributed by atoms with Gasteiger partial charge in [-0.15, -0.1) is 0 Å². The van der Waals surface area contributed by atoms with Gasteiger partial charge < -0.3 is 10.0 Å². The molecular formula is C10H21NO2S. The molecule has 0 amide bonds. The van der Waals surface area contributed by atoms with Crippen LogP contribution in [-0.4, -0.2) is 47.1 Å². The van der Waals surface area contributed by atoms with E-state index in [0.717, 1.165) is 19.5 Å². The first-order valence-corrected chi connectivity index (χ1v) is 6.38. The fourth-order valence-electron chi connectivity index (χ4n) is 1.22. The minimum atomic E-state index is -0.702. The van der Waals surface area contributed by atoms with Gasteiger partial charge in [0.05, 0.1) is 6.42 Å². The van der Waals surface area contributed by atoms with Crippen molar-refractivity contribution in [1.82, 2.24) is 4.90 Å². The summed E-state index contributed by atoms with van der Waals surface area (Å²) in [5, 5.41) is 8.54. The maximum Gasteiger partial charge on any atom is 0.304 e. The normalized spacial score (nSPS) is 10.8. The Morgan fingerprint density at radius 3 is 2.57 bits per heavy atom. The zero-order chi connectivity index (χ0) is 10.8. The lowest BCUT2D eigenvalue weighted by Gasteiger charge is -2.18. The fraction of sp³-hybridized carbons (Fsp3) is 0.900. The van der Waals surface area contributed by atoms with E-state index in [9.17, 15) is 4.79 Å². The van der Waals surface area contributed by atoms with Gasteiger partial charge in [0, 0.05) is 6.54 Å². The van der Waals surface area contributed by atoms with Crippen molar-refractivity contribution in [2.75, 3.05) is 31.1 Å². The van der Waals surface area contributed by atoms with Gasteiger partial charge in [-0.2, -0.15) is 11.8 Å². The van der Waals surface area contributed by atoms with E-state index in [1.807, 2.05) is 11.8 Å². The zero-order valence-corrected chi connectivity index (χ0v) is 9.98. The summed E-state index contributed by atoms with van der Waals surface area (Å²) in [5.74, 6) is 1.65. The average molecular weight is 219 g/mol. The van der Waals surface area contributed by atoms with Gasteiger partial charge in [-0.1, -0.05) is 13.8 Å². The first kappa shape index (κ1) is 13.8. The monoisotopic (exact) mass is 219 g/mol. The molecule has 0 aliphatic heterocycles. The van der Waals surface area contributed by atoms with Crippen LogP contribution in [0.3, 0.4) is 0 Å². The van der Waals surface area contributed by atoms with Crippen molar-refractivity contribution in [2.24, 2.45) is 0 Å². The van der Waals surface area contributed by atoms with Crippen LogP contribution in [0.1, 0.15) is 26.7 Å². The third-order valence-electron chi connectivity index (χ3n) is 2.06. The zero-order valence-electron chi connectivity index (χ0n) is 9.16. The van der Waals surface area contributed by atoms with Crippen molar-refractivity contribution in [1.29, 1.82) is 0 Å². The van der Waals surface area contributed by atoms with Crippen LogP contribution in [0.5, 0.6) is 0 Å². The molecule has 3 nitrogen and oxygen atoms in total. The summed E-state index contributed by atoms with van der Waals surface area (Å²) in [7, 11) is 0. The summed E-state index contributed by atoms with van der Waals surface area (Å²) in [6.45, 7) is 6.89. The molecule has 0 aliphatic rings. The van der Waals surface area contributed by atoms with Crippen LogP contribution >= 0.6 is 11.8 Å². The van der Waals surface area contributed by atoms with Gasteiger partial charge in [0.2, 0.25) is 0 Å². The molecule has 0 aromatic rings. The maximum atomic E-state index is 10.4. The molecule has 0 radical (unpaired) electrons. The quantitative estimate of drug-likeness (QED) is 0.602. The molecule has 0 rings (SSSR count). The third kappa shape index (κ3) is 8.38. The third-order valence-corrected chi connectivity index (χ3v) is 3.04. The molecule has 0 unspecified atom stereocenters. The van der Waals surface area contributed by atoms with E-state index < -0.39 is 5.97 Å². The Balaban J connectivity index is 3.42. The largest absolute Gasteiger partial charge is 0.481 e. The van der Waals surface area contributed by atoms with Gasteiger partial charge >= 0.3 is 5.97 Å². The van der Waals surface area contributed by atoms with E-state index in [4.69, 9.17) is 5.11 Å². The molecule has 0 fully saturated rings. The van der Waals surface area contributed by atoms with Gasteiger partial charge in [0.15, 0.2) is 0 Å². The number of hydrogen-bond acceptors (Lipinski definition) is 3. The number of carbonyl (C=O) groups is 1.